The summed E-state index contributed by atoms with van der Waals surface area (Å²) in [5.74, 6) is -0.842. The summed E-state index contributed by atoms with van der Waals surface area (Å²) in [4.78, 5) is 3.38. The molecular formula is C12H8ClFN4O2S. The molecule has 0 amide bonds. The number of hydrogen-bond acceptors (Lipinski definition) is 5. The first-order valence-corrected chi connectivity index (χ1v) is 7.33. The van der Waals surface area contributed by atoms with Gasteiger partial charge in [-0.05, 0) is 18.2 Å². The molecule has 0 unspecified atom stereocenters. The van der Waals surface area contributed by atoms with Crippen molar-refractivity contribution in [2.75, 3.05) is 10.5 Å². The van der Waals surface area contributed by atoms with E-state index in [9.17, 15) is 12.8 Å². The number of anilines is 2. The Bertz CT molecular complexity index is 849. The fraction of sp³-hybridized carbons (Fsp3) is 0. The van der Waals surface area contributed by atoms with Gasteiger partial charge in [-0.25, -0.2) is 17.8 Å². The molecule has 0 spiro atoms. The molecule has 1 heterocycles. The Kier molecular flexibility index (Phi) is 3.97. The van der Waals surface area contributed by atoms with Gasteiger partial charge in [0.2, 0.25) is 0 Å². The van der Waals surface area contributed by atoms with E-state index in [1.165, 1.54) is 12.1 Å². The molecule has 21 heavy (non-hydrogen) atoms. The number of benzene rings is 1. The molecule has 0 atom stereocenters. The van der Waals surface area contributed by atoms with Gasteiger partial charge in [0, 0.05) is 6.20 Å². The third kappa shape index (κ3) is 3.04. The fourth-order valence-corrected chi connectivity index (χ4v) is 2.78. The van der Waals surface area contributed by atoms with E-state index >= 15 is 0 Å². The first-order chi connectivity index (χ1) is 9.85. The Balaban J connectivity index is 2.45. The summed E-state index contributed by atoms with van der Waals surface area (Å²) in [6.07, 6.45) is 1.01. The number of rotatable bonds is 3. The van der Waals surface area contributed by atoms with E-state index in [1.807, 2.05) is 0 Å². The molecule has 0 fully saturated rings. The molecule has 6 nitrogen and oxygen atoms in total. The minimum Gasteiger partial charge on any atom is -0.382 e. The van der Waals surface area contributed by atoms with Crippen molar-refractivity contribution in [2.45, 2.75) is 4.90 Å². The minimum atomic E-state index is -4.07. The topological polar surface area (TPSA) is 109 Å². The Hall–Kier alpha value is -2.37. The summed E-state index contributed by atoms with van der Waals surface area (Å²) in [5.41, 5.74) is 4.82. The largest absolute Gasteiger partial charge is 0.382 e. The van der Waals surface area contributed by atoms with Crippen LogP contribution in [-0.2, 0) is 10.0 Å². The molecule has 0 aliphatic carbocycles. The fourth-order valence-electron chi connectivity index (χ4n) is 1.50. The standard InChI is InChI=1S/C12H8ClFN4O2S/c13-9-4-7(6-17-12(9)16)21(19,20)18-11-3-1-2-10(14)8(11)5-15/h1-4,6,18H,(H2,16,17). The summed E-state index contributed by atoms with van der Waals surface area (Å²) >= 11 is 5.71. The zero-order chi connectivity index (χ0) is 15.6. The molecule has 9 heteroatoms. The first kappa shape index (κ1) is 15.0. The average molecular weight is 327 g/mol. The molecule has 108 valence electrons. The van der Waals surface area contributed by atoms with Crippen molar-refractivity contribution in [3.05, 3.63) is 46.9 Å². The summed E-state index contributed by atoms with van der Waals surface area (Å²) in [7, 11) is -4.07. The van der Waals surface area contributed by atoms with Crippen molar-refractivity contribution in [2.24, 2.45) is 0 Å². The Morgan fingerprint density at radius 1 is 1.43 bits per heavy atom. The number of halogens is 2. The molecular weight excluding hydrogens is 319 g/mol. The summed E-state index contributed by atoms with van der Waals surface area (Å²) < 4.78 is 39.9. The van der Waals surface area contributed by atoms with Gasteiger partial charge in [0.15, 0.2) is 0 Å². The Morgan fingerprint density at radius 3 is 2.76 bits per heavy atom. The summed E-state index contributed by atoms with van der Waals surface area (Å²) in [6, 6.07) is 6.31. The van der Waals surface area contributed by atoms with Gasteiger partial charge in [0.25, 0.3) is 10.0 Å². The highest BCUT2D eigenvalue weighted by molar-refractivity contribution is 7.92. The number of hydrogen-bond donors (Lipinski definition) is 2. The van der Waals surface area contributed by atoms with Crippen LogP contribution in [0.25, 0.3) is 0 Å². The van der Waals surface area contributed by atoms with Crippen LogP contribution in [0.15, 0.2) is 35.4 Å². The van der Waals surface area contributed by atoms with E-state index in [-0.39, 0.29) is 21.4 Å². The summed E-state index contributed by atoms with van der Waals surface area (Å²) in [5, 5.41) is 8.84. The van der Waals surface area contributed by atoms with Crippen molar-refractivity contribution in [3.63, 3.8) is 0 Å². The van der Waals surface area contributed by atoms with Crippen LogP contribution in [0.2, 0.25) is 5.02 Å². The molecule has 2 rings (SSSR count). The van der Waals surface area contributed by atoms with Crippen LogP contribution in [0.5, 0.6) is 0 Å². The third-order valence-corrected chi connectivity index (χ3v) is 4.16. The molecule has 2 aromatic rings. The third-order valence-electron chi connectivity index (χ3n) is 2.52. The number of nitriles is 1. The van der Waals surface area contributed by atoms with Crippen LogP contribution in [-0.4, -0.2) is 13.4 Å². The highest BCUT2D eigenvalue weighted by Gasteiger charge is 2.19. The van der Waals surface area contributed by atoms with Crippen LogP contribution in [0.4, 0.5) is 15.9 Å². The second kappa shape index (κ2) is 5.55. The van der Waals surface area contributed by atoms with Crippen LogP contribution in [0.3, 0.4) is 0 Å². The monoisotopic (exact) mass is 326 g/mol. The van der Waals surface area contributed by atoms with Gasteiger partial charge in [-0.1, -0.05) is 17.7 Å². The highest BCUT2D eigenvalue weighted by Crippen LogP contribution is 2.24. The lowest BCUT2D eigenvalue weighted by Crippen LogP contribution is -2.15. The Morgan fingerprint density at radius 2 is 2.14 bits per heavy atom. The first-order valence-electron chi connectivity index (χ1n) is 5.47. The zero-order valence-electron chi connectivity index (χ0n) is 10.3. The van der Waals surface area contributed by atoms with E-state index < -0.39 is 21.4 Å². The molecule has 0 aliphatic heterocycles. The van der Waals surface area contributed by atoms with Gasteiger partial charge in [-0.15, -0.1) is 0 Å². The molecule has 0 bridgehead atoms. The number of pyridine rings is 1. The average Bonchev–Trinajstić information content (AvgIpc) is 2.41. The maximum atomic E-state index is 13.4. The van der Waals surface area contributed by atoms with Crippen molar-refractivity contribution in [1.29, 1.82) is 5.26 Å². The van der Waals surface area contributed by atoms with Crippen molar-refractivity contribution >= 4 is 33.1 Å². The van der Waals surface area contributed by atoms with Gasteiger partial charge in [-0.2, -0.15) is 5.26 Å². The van der Waals surface area contributed by atoms with E-state index in [0.29, 0.717) is 0 Å². The van der Waals surface area contributed by atoms with Gasteiger partial charge in [-0.3, -0.25) is 4.72 Å². The van der Waals surface area contributed by atoms with E-state index in [0.717, 1.165) is 18.3 Å². The predicted molar refractivity (Wildman–Crippen MR) is 75.6 cm³/mol. The van der Waals surface area contributed by atoms with E-state index in [4.69, 9.17) is 22.6 Å². The van der Waals surface area contributed by atoms with E-state index in [2.05, 4.69) is 9.71 Å². The number of nitrogens with one attached hydrogen (secondary N) is 1. The number of nitrogens with two attached hydrogens (primary N) is 1. The lowest BCUT2D eigenvalue weighted by molar-refractivity contribution is 0.600. The zero-order valence-corrected chi connectivity index (χ0v) is 11.9. The molecule has 0 saturated carbocycles. The second-order valence-electron chi connectivity index (χ2n) is 3.92. The lowest BCUT2D eigenvalue weighted by Gasteiger charge is -2.10. The number of nitrogens with zero attached hydrogens (tertiary/aromatic N) is 2. The highest BCUT2D eigenvalue weighted by atomic mass is 35.5. The molecule has 1 aromatic heterocycles. The van der Waals surface area contributed by atoms with Crippen LogP contribution in [0.1, 0.15) is 5.56 Å². The van der Waals surface area contributed by atoms with Crippen LogP contribution >= 0.6 is 11.6 Å². The van der Waals surface area contributed by atoms with Gasteiger partial charge >= 0.3 is 0 Å². The Labute approximate surface area is 125 Å². The SMILES string of the molecule is N#Cc1c(F)cccc1NS(=O)(=O)c1cnc(N)c(Cl)c1. The summed E-state index contributed by atoms with van der Waals surface area (Å²) in [6.45, 7) is 0. The normalized spacial score (nSPS) is 10.9. The minimum absolute atomic E-state index is 0.0147. The molecule has 3 N–H and O–H groups in total. The van der Waals surface area contributed by atoms with Crippen molar-refractivity contribution in [1.82, 2.24) is 4.98 Å². The maximum Gasteiger partial charge on any atom is 0.263 e. The van der Waals surface area contributed by atoms with Gasteiger partial charge < -0.3 is 5.73 Å². The second-order valence-corrected chi connectivity index (χ2v) is 6.01. The smallest absolute Gasteiger partial charge is 0.263 e. The number of aromatic nitrogens is 1. The van der Waals surface area contributed by atoms with Gasteiger partial charge in [0.05, 0.1) is 10.7 Å². The molecule has 0 saturated heterocycles. The quantitative estimate of drug-likeness (QED) is 0.898. The van der Waals surface area contributed by atoms with Crippen molar-refractivity contribution in [3.8, 4) is 6.07 Å². The number of sulfonamides is 1. The maximum absolute atomic E-state index is 13.4. The van der Waals surface area contributed by atoms with Crippen molar-refractivity contribution < 1.29 is 12.8 Å². The molecule has 0 aliphatic rings. The van der Waals surface area contributed by atoms with Crippen LogP contribution in [0, 0.1) is 17.1 Å². The molecule has 1 aromatic carbocycles. The van der Waals surface area contributed by atoms with Crippen LogP contribution < -0.4 is 10.5 Å². The lowest BCUT2D eigenvalue weighted by atomic mass is 10.2. The number of nitrogen functional groups attached to an aromatic ring is 1. The van der Waals surface area contributed by atoms with E-state index in [1.54, 1.807) is 6.07 Å². The van der Waals surface area contributed by atoms with Gasteiger partial charge in [0.1, 0.15) is 28.2 Å². The molecule has 0 radical (unpaired) electrons. The predicted octanol–water partition coefficient (Wildman–Crippen LogP) is 2.13.